The summed E-state index contributed by atoms with van der Waals surface area (Å²) in [5.41, 5.74) is 0.740. The third-order valence-corrected chi connectivity index (χ3v) is 3.78. The summed E-state index contributed by atoms with van der Waals surface area (Å²) < 4.78 is 21.6. The molecule has 21 heavy (non-hydrogen) atoms. The quantitative estimate of drug-likeness (QED) is 0.589. The molecule has 0 N–H and O–H groups in total. The van der Waals surface area contributed by atoms with Gasteiger partial charge >= 0.3 is 0 Å². The highest BCUT2D eigenvalue weighted by atomic mass is 127. The number of pyridine rings is 1. The molecule has 3 nitrogen and oxygen atoms in total. The van der Waals surface area contributed by atoms with Gasteiger partial charge in [-0.25, -0.2) is 4.39 Å². The molecule has 0 fully saturated rings. The molecule has 0 radical (unpaired) electrons. The topological polar surface area (TPSA) is 31.2 Å². The van der Waals surface area contributed by atoms with Gasteiger partial charge in [0.25, 0.3) is 5.56 Å². The van der Waals surface area contributed by atoms with Crippen molar-refractivity contribution in [2.45, 2.75) is 6.92 Å². The van der Waals surface area contributed by atoms with Gasteiger partial charge in [0.2, 0.25) is 0 Å². The zero-order valence-electron chi connectivity index (χ0n) is 11.6. The van der Waals surface area contributed by atoms with Gasteiger partial charge in [-0.1, -0.05) is 5.92 Å². The normalized spacial score (nSPS) is 9.90. The highest BCUT2D eigenvalue weighted by Gasteiger charge is 2.11. The first-order valence-corrected chi connectivity index (χ1v) is 7.30. The Morgan fingerprint density at radius 2 is 2.10 bits per heavy atom. The minimum atomic E-state index is -0.437. The molecule has 1 aromatic heterocycles. The number of aromatic nitrogens is 1. The van der Waals surface area contributed by atoms with Crippen molar-refractivity contribution in [2.24, 2.45) is 7.05 Å². The Hall–Kier alpha value is -1.81. The van der Waals surface area contributed by atoms with E-state index >= 15 is 0 Å². The van der Waals surface area contributed by atoms with Crippen LogP contribution in [-0.4, -0.2) is 11.2 Å². The van der Waals surface area contributed by atoms with E-state index in [1.54, 1.807) is 38.2 Å². The van der Waals surface area contributed by atoms with Crippen LogP contribution in [0.3, 0.4) is 0 Å². The maximum absolute atomic E-state index is 14.2. The minimum absolute atomic E-state index is 0.147. The van der Waals surface area contributed by atoms with Gasteiger partial charge in [0.15, 0.2) is 0 Å². The fourth-order valence-electron chi connectivity index (χ4n) is 1.86. The third kappa shape index (κ3) is 3.45. The molecule has 0 saturated heterocycles. The lowest BCUT2D eigenvalue weighted by Crippen LogP contribution is -2.20. The number of hydrogen-bond donors (Lipinski definition) is 0. The molecule has 0 amide bonds. The van der Waals surface area contributed by atoms with Crippen molar-refractivity contribution in [3.8, 4) is 28.8 Å². The summed E-state index contributed by atoms with van der Waals surface area (Å²) in [6, 6.07) is 7.97. The van der Waals surface area contributed by atoms with Gasteiger partial charge in [-0.15, -0.1) is 5.92 Å². The minimum Gasteiger partial charge on any atom is -0.481 e. The second-order valence-electron chi connectivity index (χ2n) is 4.29. The Labute approximate surface area is 135 Å². The van der Waals surface area contributed by atoms with Gasteiger partial charge in [-0.05, 0) is 53.8 Å². The number of nitrogens with zero attached hydrogens (tertiary/aromatic N) is 1. The van der Waals surface area contributed by atoms with E-state index in [1.165, 1.54) is 10.6 Å². The average molecular weight is 397 g/mol. The highest BCUT2D eigenvalue weighted by Crippen LogP contribution is 2.25. The zero-order valence-corrected chi connectivity index (χ0v) is 13.8. The molecule has 1 aromatic carbocycles. The monoisotopic (exact) mass is 397 g/mol. The van der Waals surface area contributed by atoms with Gasteiger partial charge < -0.3 is 9.30 Å². The molecule has 0 unspecified atom stereocenters. The maximum Gasteiger partial charge on any atom is 0.264 e. The zero-order chi connectivity index (χ0) is 15.4. The first-order chi connectivity index (χ1) is 10.0. The summed E-state index contributed by atoms with van der Waals surface area (Å²) in [4.78, 5) is 11.9. The molecule has 2 rings (SSSR count). The number of ether oxygens (including phenoxy) is 1. The highest BCUT2D eigenvalue weighted by molar-refractivity contribution is 14.1. The first kappa shape index (κ1) is 15.6. The standard InChI is InChI=1S/C16H13FINO2/c1-3-4-9-21-11-5-6-12(13(17)10-11)15-8-7-14(18)16(20)19(15)2/h5-8,10H,9H2,1-2H3. The molecule has 1 heterocycles. The van der Waals surface area contributed by atoms with E-state index in [-0.39, 0.29) is 12.2 Å². The maximum atomic E-state index is 14.2. The molecular weight excluding hydrogens is 384 g/mol. The smallest absolute Gasteiger partial charge is 0.264 e. The fourth-order valence-corrected chi connectivity index (χ4v) is 2.40. The molecule has 2 aromatic rings. The van der Waals surface area contributed by atoms with Crippen molar-refractivity contribution in [1.82, 2.24) is 4.57 Å². The lowest BCUT2D eigenvalue weighted by Gasteiger charge is -2.11. The lowest BCUT2D eigenvalue weighted by atomic mass is 10.1. The summed E-state index contributed by atoms with van der Waals surface area (Å²) in [5.74, 6) is 5.42. The Bertz CT molecular complexity index is 787. The van der Waals surface area contributed by atoms with Crippen LogP contribution in [0.5, 0.6) is 5.75 Å². The fraction of sp³-hybridized carbons (Fsp3) is 0.188. The van der Waals surface area contributed by atoms with Crippen LogP contribution >= 0.6 is 22.6 Å². The summed E-state index contributed by atoms with van der Waals surface area (Å²) in [6.07, 6.45) is 0. The van der Waals surface area contributed by atoms with E-state index in [2.05, 4.69) is 11.8 Å². The van der Waals surface area contributed by atoms with Crippen molar-refractivity contribution in [1.29, 1.82) is 0 Å². The number of rotatable bonds is 3. The van der Waals surface area contributed by atoms with Crippen LogP contribution in [0.1, 0.15) is 6.92 Å². The van der Waals surface area contributed by atoms with E-state index in [4.69, 9.17) is 4.74 Å². The van der Waals surface area contributed by atoms with Gasteiger partial charge in [-0.2, -0.15) is 0 Å². The van der Waals surface area contributed by atoms with Gasteiger partial charge in [-0.3, -0.25) is 4.79 Å². The molecule has 0 aliphatic rings. The molecule has 0 aliphatic heterocycles. The van der Waals surface area contributed by atoms with Gasteiger partial charge in [0.1, 0.15) is 18.2 Å². The summed E-state index contributed by atoms with van der Waals surface area (Å²) in [5, 5.41) is 0. The van der Waals surface area contributed by atoms with Crippen molar-refractivity contribution in [3.63, 3.8) is 0 Å². The van der Waals surface area contributed by atoms with Crippen molar-refractivity contribution >= 4 is 22.6 Å². The summed E-state index contributed by atoms with van der Waals surface area (Å²) in [6.45, 7) is 1.93. The van der Waals surface area contributed by atoms with Gasteiger partial charge in [0.05, 0.1) is 9.26 Å². The molecule has 0 atom stereocenters. The van der Waals surface area contributed by atoms with Crippen LogP contribution in [-0.2, 0) is 7.05 Å². The Morgan fingerprint density at radius 3 is 2.76 bits per heavy atom. The van der Waals surface area contributed by atoms with Crippen molar-refractivity contribution in [3.05, 3.63) is 50.1 Å². The Morgan fingerprint density at radius 1 is 1.33 bits per heavy atom. The van der Waals surface area contributed by atoms with Gasteiger partial charge in [0, 0.05) is 18.7 Å². The van der Waals surface area contributed by atoms with E-state index in [9.17, 15) is 9.18 Å². The Balaban J connectivity index is 2.39. The number of hydrogen-bond acceptors (Lipinski definition) is 2. The second kappa shape index (κ2) is 6.76. The molecule has 5 heteroatoms. The summed E-state index contributed by atoms with van der Waals surface area (Å²) in [7, 11) is 1.63. The van der Waals surface area contributed by atoms with Crippen molar-refractivity contribution < 1.29 is 9.13 Å². The Kier molecular flexibility index (Phi) is 5.02. The van der Waals surface area contributed by atoms with E-state index in [0.29, 0.717) is 20.6 Å². The molecule has 0 saturated carbocycles. The van der Waals surface area contributed by atoms with E-state index < -0.39 is 5.82 Å². The average Bonchev–Trinajstić information content (AvgIpc) is 2.46. The lowest BCUT2D eigenvalue weighted by molar-refractivity contribution is 0.368. The van der Waals surface area contributed by atoms with Crippen LogP contribution in [0, 0.1) is 21.2 Å². The summed E-state index contributed by atoms with van der Waals surface area (Å²) >= 11 is 1.96. The largest absolute Gasteiger partial charge is 0.481 e. The predicted octanol–water partition coefficient (Wildman–Crippen LogP) is 3.20. The third-order valence-electron chi connectivity index (χ3n) is 2.96. The molecule has 108 valence electrons. The van der Waals surface area contributed by atoms with E-state index in [0.717, 1.165) is 0 Å². The van der Waals surface area contributed by atoms with Crippen LogP contribution in [0.25, 0.3) is 11.3 Å². The SMILES string of the molecule is CC#CCOc1ccc(-c2ccc(I)c(=O)n2C)c(F)c1. The van der Waals surface area contributed by atoms with E-state index in [1.807, 2.05) is 22.6 Å². The predicted molar refractivity (Wildman–Crippen MR) is 88.7 cm³/mol. The molecule has 0 bridgehead atoms. The molecule has 0 spiro atoms. The number of benzene rings is 1. The van der Waals surface area contributed by atoms with Crippen LogP contribution < -0.4 is 10.3 Å². The van der Waals surface area contributed by atoms with Crippen molar-refractivity contribution in [2.75, 3.05) is 6.61 Å². The second-order valence-corrected chi connectivity index (χ2v) is 5.45. The van der Waals surface area contributed by atoms with Crippen LogP contribution in [0.2, 0.25) is 0 Å². The molecular formula is C16H13FINO2. The van der Waals surface area contributed by atoms with Crippen LogP contribution in [0.15, 0.2) is 35.1 Å². The first-order valence-electron chi connectivity index (χ1n) is 6.22. The van der Waals surface area contributed by atoms with Crippen LogP contribution in [0.4, 0.5) is 4.39 Å². The number of halogens is 2. The molecule has 0 aliphatic carbocycles.